The van der Waals surface area contributed by atoms with E-state index in [9.17, 15) is 0 Å². The summed E-state index contributed by atoms with van der Waals surface area (Å²) in [4.78, 5) is 12.8. The molecule has 11 aromatic rings. The van der Waals surface area contributed by atoms with Crippen LogP contribution in [0.5, 0.6) is 0 Å². The minimum Gasteiger partial charge on any atom is -0.311 e. The van der Waals surface area contributed by atoms with E-state index in [2.05, 4.69) is 185 Å². The van der Waals surface area contributed by atoms with Gasteiger partial charge in [0, 0.05) is 39.0 Å². The van der Waals surface area contributed by atoms with Gasteiger partial charge in [0.2, 0.25) is 0 Å². The maximum Gasteiger partial charge on any atom is 0.183 e. The van der Waals surface area contributed by atoms with Gasteiger partial charge in [0.15, 0.2) is 11.6 Å². The van der Waals surface area contributed by atoms with E-state index < -0.39 is 0 Å². The zero-order valence-corrected chi connectivity index (χ0v) is 30.2. The van der Waals surface area contributed by atoms with Crippen LogP contribution < -0.4 is 4.90 Å². The zero-order valence-electron chi connectivity index (χ0n) is 30.2. The fourth-order valence-electron chi connectivity index (χ4n) is 8.22. The number of fused-ring (bicyclic) bond motifs is 8. The number of hydrogen-bond donors (Lipinski definition) is 0. The highest BCUT2D eigenvalue weighted by molar-refractivity contribution is 6.24. The van der Waals surface area contributed by atoms with E-state index in [-0.39, 0.29) is 0 Å². The lowest BCUT2D eigenvalue weighted by atomic mass is 9.96. The van der Waals surface area contributed by atoms with Gasteiger partial charge in [-0.1, -0.05) is 133 Å². The Balaban J connectivity index is 1.13. The summed E-state index contributed by atoms with van der Waals surface area (Å²) < 4.78 is 2.14. The summed E-state index contributed by atoms with van der Waals surface area (Å²) in [5.41, 5.74) is 6.99. The van der Waals surface area contributed by atoms with Crippen LogP contribution in [0.4, 0.5) is 17.1 Å². The second-order valence-electron chi connectivity index (χ2n) is 13.9. The molecule has 262 valence electrons. The molecule has 0 fully saturated rings. The lowest BCUT2D eigenvalue weighted by Gasteiger charge is -2.25. The van der Waals surface area contributed by atoms with Gasteiger partial charge in [-0.25, -0.2) is 9.97 Å². The summed E-state index contributed by atoms with van der Waals surface area (Å²) in [5, 5.41) is 18.8. The molecule has 0 radical (unpaired) electrons. The second kappa shape index (κ2) is 13.0. The summed E-state index contributed by atoms with van der Waals surface area (Å²) in [5.74, 6) is 1.93. The Kier molecular flexibility index (Phi) is 7.38. The quantitative estimate of drug-likeness (QED) is 0.127. The van der Waals surface area contributed by atoms with E-state index >= 15 is 0 Å². The minimum atomic E-state index is 0.578. The molecule has 0 atom stereocenters. The van der Waals surface area contributed by atoms with E-state index in [1.165, 1.54) is 0 Å². The van der Waals surface area contributed by atoms with Crippen molar-refractivity contribution in [2.45, 2.75) is 0 Å². The average Bonchev–Trinajstić information content (AvgIpc) is 3.68. The molecule has 9 aromatic carbocycles. The SMILES string of the molecule is c1ccc(N(c2ccccc2)c2ccc(-c3nc4c5ccccc5c5ccccc5c4n3-c3cnc(-c4c5ccccc5cc5ccccc45)nn3)cc2)cc1. The van der Waals surface area contributed by atoms with Crippen LogP contribution in [0.25, 0.3) is 82.7 Å². The van der Waals surface area contributed by atoms with Crippen LogP contribution in [0.2, 0.25) is 0 Å². The molecule has 0 saturated carbocycles. The van der Waals surface area contributed by atoms with Crippen molar-refractivity contribution in [1.82, 2.24) is 24.7 Å². The third-order valence-electron chi connectivity index (χ3n) is 10.7. The van der Waals surface area contributed by atoms with E-state index in [0.717, 1.165) is 88.1 Å². The number of benzene rings is 9. The van der Waals surface area contributed by atoms with Crippen molar-refractivity contribution < 1.29 is 0 Å². The molecule has 0 spiro atoms. The molecule has 56 heavy (non-hydrogen) atoms. The zero-order chi connectivity index (χ0) is 37.0. The highest BCUT2D eigenvalue weighted by Gasteiger charge is 2.23. The minimum absolute atomic E-state index is 0.578. The second-order valence-corrected chi connectivity index (χ2v) is 13.9. The predicted molar refractivity (Wildman–Crippen MR) is 230 cm³/mol. The predicted octanol–water partition coefficient (Wildman–Crippen LogP) is 12.6. The summed E-state index contributed by atoms with van der Waals surface area (Å²) in [6, 6.07) is 65.6. The average molecular weight is 717 g/mol. The van der Waals surface area contributed by atoms with Crippen LogP contribution in [0.3, 0.4) is 0 Å². The molecule has 0 unspecified atom stereocenters. The molecule has 0 aliphatic heterocycles. The molecule has 0 aliphatic carbocycles. The van der Waals surface area contributed by atoms with Crippen LogP contribution in [-0.2, 0) is 0 Å². The standard InChI is InChI=1S/C50H32N6/c1-3-17-36(18-4-1)55(37-19-5-2-6-20-37)38-29-27-33(28-30-38)50-52-47-43-25-13-11-23-41(43)42-24-12-14-26-44(42)48(47)56(50)45-32-51-49(54-53-45)46-39-21-9-7-15-34(39)31-35-16-8-10-22-40(35)46/h1-32H. The molecule has 11 rings (SSSR count). The van der Waals surface area contributed by atoms with Gasteiger partial charge in [-0.2, -0.15) is 0 Å². The first kappa shape index (κ1) is 31.8. The van der Waals surface area contributed by atoms with Gasteiger partial charge in [0.05, 0.1) is 17.2 Å². The molecule has 6 nitrogen and oxygen atoms in total. The van der Waals surface area contributed by atoms with Crippen molar-refractivity contribution in [3.05, 3.63) is 194 Å². The summed E-state index contributed by atoms with van der Waals surface area (Å²) in [7, 11) is 0. The largest absolute Gasteiger partial charge is 0.311 e. The Bertz CT molecular complexity index is 3140. The van der Waals surface area contributed by atoms with Gasteiger partial charge in [0.1, 0.15) is 5.82 Å². The van der Waals surface area contributed by atoms with Crippen molar-refractivity contribution >= 4 is 71.2 Å². The Morgan fingerprint density at radius 2 is 0.929 bits per heavy atom. The van der Waals surface area contributed by atoms with Gasteiger partial charge in [-0.3, -0.25) is 4.57 Å². The maximum atomic E-state index is 5.44. The number of nitrogens with zero attached hydrogens (tertiary/aromatic N) is 6. The van der Waals surface area contributed by atoms with Crippen molar-refractivity contribution in [1.29, 1.82) is 0 Å². The molecular weight excluding hydrogens is 685 g/mol. The Labute approximate surface area is 322 Å². The molecule has 0 saturated heterocycles. The van der Waals surface area contributed by atoms with Crippen LogP contribution in [0.15, 0.2) is 194 Å². The molecule has 2 aromatic heterocycles. The summed E-state index contributed by atoms with van der Waals surface area (Å²) >= 11 is 0. The summed E-state index contributed by atoms with van der Waals surface area (Å²) in [6.45, 7) is 0. The van der Waals surface area contributed by atoms with Gasteiger partial charge >= 0.3 is 0 Å². The normalized spacial score (nSPS) is 11.6. The highest BCUT2D eigenvalue weighted by atomic mass is 15.3. The molecule has 0 amide bonds. The smallest absolute Gasteiger partial charge is 0.183 e. The third kappa shape index (κ3) is 5.11. The Hall–Kier alpha value is -7.70. The summed E-state index contributed by atoms with van der Waals surface area (Å²) in [6.07, 6.45) is 1.84. The highest BCUT2D eigenvalue weighted by Crippen LogP contribution is 2.41. The van der Waals surface area contributed by atoms with Crippen molar-refractivity contribution in [3.8, 4) is 28.6 Å². The first-order valence-electron chi connectivity index (χ1n) is 18.7. The van der Waals surface area contributed by atoms with Crippen molar-refractivity contribution in [3.63, 3.8) is 0 Å². The van der Waals surface area contributed by atoms with Crippen LogP contribution in [0.1, 0.15) is 0 Å². The molecule has 0 aliphatic rings. The van der Waals surface area contributed by atoms with Crippen LogP contribution in [0, 0.1) is 0 Å². The van der Waals surface area contributed by atoms with Crippen molar-refractivity contribution in [2.75, 3.05) is 4.90 Å². The number of anilines is 3. The Morgan fingerprint density at radius 1 is 0.429 bits per heavy atom. The van der Waals surface area contributed by atoms with Gasteiger partial charge in [-0.05, 0) is 86.9 Å². The van der Waals surface area contributed by atoms with E-state index in [1.807, 2.05) is 18.3 Å². The first-order chi connectivity index (χ1) is 27.8. The van der Waals surface area contributed by atoms with E-state index in [0.29, 0.717) is 11.6 Å². The van der Waals surface area contributed by atoms with Gasteiger partial charge in [-0.15, -0.1) is 10.2 Å². The lowest BCUT2D eigenvalue weighted by Crippen LogP contribution is -2.09. The molecular formula is C50H32N6. The molecule has 2 heterocycles. The van der Waals surface area contributed by atoms with Gasteiger partial charge < -0.3 is 4.90 Å². The topological polar surface area (TPSA) is 59.7 Å². The number of aromatic nitrogens is 5. The van der Waals surface area contributed by atoms with E-state index in [1.54, 1.807) is 0 Å². The number of imidazole rings is 1. The molecule has 0 N–H and O–H groups in total. The first-order valence-corrected chi connectivity index (χ1v) is 18.7. The fourth-order valence-corrected chi connectivity index (χ4v) is 8.22. The maximum absolute atomic E-state index is 5.44. The van der Waals surface area contributed by atoms with Gasteiger partial charge in [0.25, 0.3) is 0 Å². The molecule has 0 bridgehead atoms. The van der Waals surface area contributed by atoms with E-state index in [4.69, 9.17) is 20.2 Å². The Morgan fingerprint density at radius 3 is 1.52 bits per heavy atom. The molecule has 6 heteroatoms. The number of hydrogen-bond acceptors (Lipinski definition) is 5. The van der Waals surface area contributed by atoms with Crippen LogP contribution >= 0.6 is 0 Å². The lowest BCUT2D eigenvalue weighted by molar-refractivity contribution is 0.904. The van der Waals surface area contributed by atoms with Crippen LogP contribution in [-0.4, -0.2) is 24.7 Å². The number of rotatable bonds is 6. The fraction of sp³-hybridized carbons (Fsp3) is 0. The van der Waals surface area contributed by atoms with Crippen molar-refractivity contribution in [2.24, 2.45) is 0 Å². The number of para-hydroxylation sites is 2. The monoisotopic (exact) mass is 716 g/mol. The third-order valence-corrected chi connectivity index (χ3v) is 10.7.